The van der Waals surface area contributed by atoms with Crippen LogP contribution in [0.1, 0.15) is 48.6 Å². The Morgan fingerprint density at radius 2 is 1.35 bits per heavy atom. The van der Waals surface area contributed by atoms with E-state index in [1.54, 1.807) is 14.2 Å². The second-order valence-electron chi connectivity index (χ2n) is 10.1. The van der Waals surface area contributed by atoms with Gasteiger partial charge in [0.05, 0.1) is 25.6 Å². The molecular weight excluding hydrogens is 496 g/mol. The van der Waals surface area contributed by atoms with Crippen LogP contribution in [0.2, 0.25) is 0 Å². The van der Waals surface area contributed by atoms with E-state index in [0.29, 0.717) is 18.8 Å². The lowest BCUT2D eigenvalue weighted by Crippen LogP contribution is -2.25. The van der Waals surface area contributed by atoms with Crippen LogP contribution in [0.25, 0.3) is 0 Å². The number of nitrogens with one attached hydrogen (secondary N) is 1. The van der Waals surface area contributed by atoms with Crippen molar-refractivity contribution in [1.29, 1.82) is 0 Å². The molecule has 0 spiro atoms. The highest BCUT2D eigenvalue weighted by atomic mass is 16.5. The monoisotopic (exact) mass is 538 g/mol. The van der Waals surface area contributed by atoms with Crippen molar-refractivity contribution in [1.82, 2.24) is 4.98 Å². The molecule has 0 saturated heterocycles. The molecule has 0 fully saturated rings. The molecule has 0 atom stereocenters. The first-order valence-electron chi connectivity index (χ1n) is 14.2. The minimum Gasteiger partial charge on any atom is -0.497 e. The van der Waals surface area contributed by atoms with Crippen LogP contribution in [-0.4, -0.2) is 25.7 Å². The first-order valence-corrected chi connectivity index (χ1v) is 14.2. The molecule has 0 bridgehead atoms. The number of unbranched alkanes of at least 4 members (excludes halogenated alkanes) is 2. The van der Waals surface area contributed by atoms with Crippen LogP contribution in [0.3, 0.4) is 0 Å². The second-order valence-corrected chi connectivity index (χ2v) is 10.1. The summed E-state index contributed by atoms with van der Waals surface area (Å²) in [4.78, 5) is 7.41. The zero-order valence-electron chi connectivity index (χ0n) is 24.0. The lowest BCUT2D eigenvalue weighted by atomic mass is 10.1. The van der Waals surface area contributed by atoms with E-state index in [9.17, 15) is 0 Å². The van der Waals surface area contributed by atoms with Gasteiger partial charge in [0.2, 0.25) is 0 Å². The molecule has 0 saturated carbocycles. The normalized spacial score (nSPS) is 10.8. The van der Waals surface area contributed by atoms with Crippen LogP contribution < -0.4 is 25.4 Å². The lowest BCUT2D eigenvalue weighted by molar-refractivity contribution is 0.414. The van der Waals surface area contributed by atoms with E-state index >= 15 is 0 Å². The number of ether oxygens (including phenoxy) is 2. The molecule has 0 aliphatic carbocycles. The summed E-state index contributed by atoms with van der Waals surface area (Å²) in [5, 5.41) is 3.62. The summed E-state index contributed by atoms with van der Waals surface area (Å²) < 4.78 is 10.8. The fourth-order valence-corrected chi connectivity index (χ4v) is 4.76. The van der Waals surface area contributed by atoms with Gasteiger partial charge >= 0.3 is 0 Å². The molecule has 40 heavy (non-hydrogen) atoms. The Labute approximate surface area is 239 Å². The number of nitrogens with zero attached hydrogens (tertiary/aromatic N) is 2. The van der Waals surface area contributed by atoms with Gasteiger partial charge in [-0.05, 0) is 66.3 Å². The lowest BCUT2D eigenvalue weighted by Gasteiger charge is -2.27. The first kappa shape index (κ1) is 28.8. The zero-order valence-corrected chi connectivity index (χ0v) is 24.0. The SMILES string of the molecule is CCCCCc1cc(NCCc2ccccc2)c(N)c(N(Cc2ccc(OC)cc2)Cc2ccc(OC)cc2)n1. The number of methoxy groups -OCH3 is 2. The van der Waals surface area contributed by atoms with E-state index in [2.05, 4.69) is 71.7 Å². The number of hydrogen-bond donors (Lipinski definition) is 2. The molecule has 4 aromatic rings. The highest BCUT2D eigenvalue weighted by molar-refractivity contribution is 5.79. The quantitative estimate of drug-likeness (QED) is 0.155. The summed E-state index contributed by atoms with van der Waals surface area (Å²) in [6.07, 6.45) is 5.30. The molecule has 0 radical (unpaired) electrons. The van der Waals surface area contributed by atoms with Gasteiger partial charge < -0.3 is 25.4 Å². The molecule has 1 heterocycles. The van der Waals surface area contributed by atoms with Crippen molar-refractivity contribution in [3.05, 3.63) is 107 Å². The van der Waals surface area contributed by atoms with Gasteiger partial charge in [0.1, 0.15) is 11.5 Å². The number of aryl methyl sites for hydroxylation is 1. The molecular formula is C34H42N4O2. The Kier molecular flexibility index (Phi) is 10.7. The number of aromatic nitrogens is 1. The van der Waals surface area contributed by atoms with Crippen molar-refractivity contribution in [3.8, 4) is 11.5 Å². The van der Waals surface area contributed by atoms with Crippen LogP contribution >= 0.6 is 0 Å². The van der Waals surface area contributed by atoms with E-state index in [0.717, 1.165) is 65.6 Å². The average Bonchev–Trinajstić information content (AvgIpc) is 2.99. The molecule has 3 N–H and O–H groups in total. The van der Waals surface area contributed by atoms with Crippen LogP contribution in [0.5, 0.6) is 11.5 Å². The van der Waals surface area contributed by atoms with E-state index in [1.165, 1.54) is 18.4 Å². The summed E-state index contributed by atoms with van der Waals surface area (Å²) in [6, 6.07) is 29.0. The van der Waals surface area contributed by atoms with Gasteiger partial charge in [0.15, 0.2) is 5.82 Å². The van der Waals surface area contributed by atoms with Crippen LogP contribution in [0.15, 0.2) is 84.9 Å². The summed E-state index contributed by atoms with van der Waals surface area (Å²) in [7, 11) is 3.37. The molecule has 6 nitrogen and oxygen atoms in total. The number of pyridine rings is 1. The molecule has 4 rings (SSSR count). The maximum Gasteiger partial charge on any atom is 0.154 e. The Hall–Kier alpha value is -4.19. The molecule has 1 aromatic heterocycles. The number of rotatable bonds is 15. The van der Waals surface area contributed by atoms with E-state index in [1.807, 2.05) is 30.3 Å². The van der Waals surface area contributed by atoms with Crippen LogP contribution in [0.4, 0.5) is 17.2 Å². The molecule has 3 aromatic carbocycles. The molecule has 0 aliphatic rings. The van der Waals surface area contributed by atoms with E-state index < -0.39 is 0 Å². The van der Waals surface area contributed by atoms with Crippen molar-refractivity contribution in [2.75, 3.05) is 36.7 Å². The molecule has 0 unspecified atom stereocenters. The van der Waals surface area contributed by atoms with Crippen molar-refractivity contribution in [2.45, 2.75) is 52.1 Å². The van der Waals surface area contributed by atoms with Gasteiger partial charge in [-0.15, -0.1) is 0 Å². The van der Waals surface area contributed by atoms with Crippen molar-refractivity contribution >= 4 is 17.2 Å². The van der Waals surface area contributed by atoms with Crippen LogP contribution in [-0.2, 0) is 25.9 Å². The number of hydrogen-bond acceptors (Lipinski definition) is 6. The second kappa shape index (κ2) is 14.8. The third kappa shape index (κ3) is 8.15. The van der Waals surface area contributed by atoms with Crippen molar-refractivity contribution < 1.29 is 9.47 Å². The maximum absolute atomic E-state index is 6.88. The van der Waals surface area contributed by atoms with Gasteiger partial charge in [0.25, 0.3) is 0 Å². The predicted octanol–water partition coefficient (Wildman–Crippen LogP) is 7.28. The highest BCUT2D eigenvalue weighted by Gasteiger charge is 2.18. The van der Waals surface area contributed by atoms with Crippen LogP contribution in [0, 0.1) is 0 Å². The van der Waals surface area contributed by atoms with Gasteiger partial charge in [0, 0.05) is 25.3 Å². The Morgan fingerprint density at radius 1 is 0.750 bits per heavy atom. The third-order valence-corrected chi connectivity index (χ3v) is 7.06. The summed E-state index contributed by atoms with van der Waals surface area (Å²) in [5.41, 5.74) is 13.2. The van der Waals surface area contributed by atoms with Gasteiger partial charge in [-0.1, -0.05) is 74.4 Å². The Balaban J connectivity index is 1.66. The third-order valence-electron chi connectivity index (χ3n) is 7.06. The summed E-state index contributed by atoms with van der Waals surface area (Å²) in [5.74, 6) is 2.49. The smallest absolute Gasteiger partial charge is 0.154 e. The fourth-order valence-electron chi connectivity index (χ4n) is 4.76. The maximum atomic E-state index is 6.88. The largest absolute Gasteiger partial charge is 0.497 e. The number of nitrogen functional groups attached to an aromatic ring is 1. The van der Waals surface area contributed by atoms with Gasteiger partial charge in [-0.25, -0.2) is 4.98 Å². The molecule has 210 valence electrons. The first-order chi connectivity index (χ1) is 19.6. The minimum absolute atomic E-state index is 0.662. The summed E-state index contributed by atoms with van der Waals surface area (Å²) >= 11 is 0. The standard InChI is InChI=1S/C34H42N4O2/c1-4-5-7-12-29-23-32(36-22-21-26-10-8-6-9-11-26)33(35)34(37-29)38(24-27-13-17-30(39-2)18-14-27)25-28-15-19-31(40-3)20-16-28/h6,8-11,13-20,23H,4-5,7,12,21-22,24-25,35H2,1-3H3,(H,36,37). The van der Waals surface area contributed by atoms with Gasteiger partial charge in [-0.2, -0.15) is 0 Å². The topological polar surface area (TPSA) is 72.6 Å². The molecule has 6 heteroatoms. The summed E-state index contributed by atoms with van der Waals surface area (Å²) in [6.45, 7) is 4.34. The van der Waals surface area contributed by atoms with Crippen molar-refractivity contribution in [2.24, 2.45) is 0 Å². The molecule has 0 aliphatic heterocycles. The minimum atomic E-state index is 0.662. The predicted molar refractivity (Wildman–Crippen MR) is 166 cm³/mol. The molecule has 0 amide bonds. The number of nitrogens with two attached hydrogens (primary N) is 1. The Morgan fingerprint density at radius 3 is 1.90 bits per heavy atom. The zero-order chi connectivity index (χ0) is 28.2. The number of benzene rings is 3. The van der Waals surface area contributed by atoms with E-state index in [4.69, 9.17) is 20.2 Å². The van der Waals surface area contributed by atoms with Gasteiger partial charge in [-0.3, -0.25) is 0 Å². The average molecular weight is 539 g/mol. The van der Waals surface area contributed by atoms with Crippen molar-refractivity contribution in [3.63, 3.8) is 0 Å². The fraction of sp³-hybridized carbons (Fsp3) is 0.324. The number of anilines is 3. The highest BCUT2D eigenvalue weighted by Crippen LogP contribution is 2.33. The Bertz CT molecular complexity index is 1260. The van der Waals surface area contributed by atoms with E-state index in [-0.39, 0.29) is 0 Å².